The van der Waals surface area contributed by atoms with Gasteiger partial charge in [-0.15, -0.1) is 10.2 Å². The monoisotopic (exact) mass is 302 g/mol. The average molecular weight is 302 g/mol. The molecule has 0 aliphatic carbocycles. The van der Waals surface area contributed by atoms with Crippen LogP contribution in [-0.4, -0.2) is 20.6 Å². The Labute approximate surface area is 130 Å². The lowest BCUT2D eigenvalue weighted by atomic mass is 10.1. The SMILES string of the molecule is CCc1ccc(C2CSc3nnc(CC(C)C)n3N2)cc1. The van der Waals surface area contributed by atoms with Gasteiger partial charge in [-0.1, -0.05) is 56.8 Å². The van der Waals surface area contributed by atoms with Crippen LogP contribution in [0.15, 0.2) is 29.4 Å². The van der Waals surface area contributed by atoms with E-state index in [1.165, 1.54) is 11.1 Å². The van der Waals surface area contributed by atoms with Crippen molar-refractivity contribution in [3.05, 3.63) is 41.2 Å². The van der Waals surface area contributed by atoms with Crippen molar-refractivity contribution < 1.29 is 0 Å². The van der Waals surface area contributed by atoms with E-state index < -0.39 is 0 Å². The molecule has 112 valence electrons. The zero-order valence-corrected chi connectivity index (χ0v) is 13.7. The standard InChI is InChI=1S/C16H22N4S/c1-4-12-5-7-13(8-6-12)14-10-21-16-18-17-15(9-11(2)3)20(16)19-14/h5-8,11,14,19H,4,9-10H2,1-3H3. The molecule has 5 heteroatoms. The number of nitrogens with zero attached hydrogens (tertiary/aromatic N) is 3. The highest BCUT2D eigenvalue weighted by atomic mass is 32.2. The van der Waals surface area contributed by atoms with Crippen LogP contribution in [0.1, 0.15) is 43.8 Å². The van der Waals surface area contributed by atoms with Gasteiger partial charge in [-0.05, 0) is 23.5 Å². The number of fused-ring (bicyclic) bond motifs is 1. The first-order valence-electron chi connectivity index (χ1n) is 7.59. The predicted octanol–water partition coefficient (Wildman–Crippen LogP) is 3.43. The Morgan fingerprint density at radius 2 is 2.05 bits per heavy atom. The Balaban J connectivity index is 1.80. The van der Waals surface area contributed by atoms with Crippen LogP contribution in [0.3, 0.4) is 0 Å². The zero-order chi connectivity index (χ0) is 14.8. The fourth-order valence-corrected chi connectivity index (χ4v) is 3.50. The summed E-state index contributed by atoms with van der Waals surface area (Å²) in [5.41, 5.74) is 6.29. The summed E-state index contributed by atoms with van der Waals surface area (Å²) in [6.45, 7) is 6.60. The highest BCUT2D eigenvalue weighted by molar-refractivity contribution is 7.99. The Morgan fingerprint density at radius 3 is 2.71 bits per heavy atom. The first-order chi connectivity index (χ1) is 10.2. The molecule has 1 N–H and O–H groups in total. The molecular weight excluding hydrogens is 280 g/mol. The van der Waals surface area contributed by atoms with E-state index in [2.05, 4.69) is 65.3 Å². The third kappa shape index (κ3) is 3.07. The number of aryl methyl sites for hydroxylation is 1. The summed E-state index contributed by atoms with van der Waals surface area (Å²) < 4.78 is 2.08. The van der Waals surface area contributed by atoms with E-state index in [9.17, 15) is 0 Å². The van der Waals surface area contributed by atoms with E-state index in [0.717, 1.165) is 29.6 Å². The minimum atomic E-state index is 0.315. The Kier molecular flexibility index (Phi) is 4.19. The van der Waals surface area contributed by atoms with Gasteiger partial charge in [-0.25, -0.2) is 4.68 Å². The number of benzene rings is 1. The maximum absolute atomic E-state index is 4.32. The Hall–Kier alpha value is -1.49. The van der Waals surface area contributed by atoms with Gasteiger partial charge in [-0.2, -0.15) is 0 Å². The van der Waals surface area contributed by atoms with Gasteiger partial charge in [-0.3, -0.25) is 0 Å². The largest absolute Gasteiger partial charge is 0.314 e. The first-order valence-corrected chi connectivity index (χ1v) is 8.58. The quantitative estimate of drug-likeness (QED) is 0.939. The molecule has 0 spiro atoms. The second kappa shape index (κ2) is 6.10. The fraction of sp³-hybridized carbons (Fsp3) is 0.500. The van der Waals surface area contributed by atoms with Crippen molar-refractivity contribution in [3.63, 3.8) is 0 Å². The zero-order valence-electron chi connectivity index (χ0n) is 12.8. The molecule has 0 radical (unpaired) electrons. The molecule has 0 saturated heterocycles. The van der Waals surface area contributed by atoms with E-state index in [1.54, 1.807) is 11.8 Å². The lowest BCUT2D eigenvalue weighted by molar-refractivity contribution is 0.571. The van der Waals surface area contributed by atoms with Gasteiger partial charge in [0.2, 0.25) is 5.16 Å². The van der Waals surface area contributed by atoms with Crippen LogP contribution in [0.25, 0.3) is 0 Å². The van der Waals surface area contributed by atoms with Gasteiger partial charge in [0.05, 0.1) is 6.04 Å². The third-order valence-corrected chi connectivity index (χ3v) is 4.77. The molecule has 21 heavy (non-hydrogen) atoms. The van der Waals surface area contributed by atoms with Gasteiger partial charge < -0.3 is 5.43 Å². The molecule has 2 aromatic rings. The molecule has 3 rings (SSSR count). The van der Waals surface area contributed by atoms with E-state index in [-0.39, 0.29) is 0 Å². The van der Waals surface area contributed by atoms with Crippen molar-refractivity contribution in [2.75, 3.05) is 11.2 Å². The van der Waals surface area contributed by atoms with E-state index in [4.69, 9.17) is 0 Å². The second-order valence-corrected chi connectivity index (χ2v) is 6.91. The van der Waals surface area contributed by atoms with Crippen LogP contribution in [-0.2, 0) is 12.8 Å². The smallest absolute Gasteiger partial charge is 0.210 e. The minimum absolute atomic E-state index is 0.315. The second-order valence-electron chi connectivity index (χ2n) is 5.92. The van der Waals surface area contributed by atoms with Crippen molar-refractivity contribution in [3.8, 4) is 0 Å². The molecule has 4 nitrogen and oxygen atoms in total. The summed E-state index contributed by atoms with van der Waals surface area (Å²) in [6, 6.07) is 9.22. The lowest BCUT2D eigenvalue weighted by Gasteiger charge is -2.27. The van der Waals surface area contributed by atoms with Crippen molar-refractivity contribution in [1.82, 2.24) is 14.9 Å². The van der Waals surface area contributed by atoms with Gasteiger partial charge in [0, 0.05) is 12.2 Å². The van der Waals surface area contributed by atoms with Crippen LogP contribution in [0, 0.1) is 5.92 Å². The maximum atomic E-state index is 4.32. The molecule has 1 aliphatic heterocycles. The van der Waals surface area contributed by atoms with Crippen molar-refractivity contribution in [1.29, 1.82) is 0 Å². The minimum Gasteiger partial charge on any atom is -0.314 e. The molecule has 2 heterocycles. The molecule has 0 amide bonds. The number of nitrogens with one attached hydrogen (secondary N) is 1. The van der Waals surface area contributed by atoms with Crippen LogP contribution in [0.5, 0.6) is 0 Å². The highest BCUT2D eigenvalue weighted by Gasteiger charge is 2.24. The van der Waals surface area contributed by atoms with Gasteiger partial charge in [0.15, 0.2) is 5.82 Å². The average Bonchev–Trinajstić information content (AvgIpc) is 2.89. The van der Waals surface area contributed by atoms with Crippen molar-refractivity contribution in [2.45, 2.75) is 44.8 Å². The van der Waals surface area contributed by atoms with Crippen LogP contribution < -0.4 is 5.43 Å². The van der Waals surface area contributed by atoms with Crippen molar-refractivity contribution in [2.24, 2.45) is 5.92 Å². The third-order valence-electron chi connectivity index (χ3n) is 3.75. The molecule has 0 saturated carbocycles. The summed E-state index contributed by atoms with van der Waals surface area (Å²) in [4.78, 5) is 0. The van der Waals surface area contributed by atoms with Gasteiger partial charge in [0.25, 0.3) is 0 Å². The van der Waals surface area contributed by atoms with E-state index >= 15 is 0 Å². The number of rotatable bonds is 4. The summed E-state index contributed by atoms with van der Waals surface area (Å²) in [5, 5.41) is 9.58. The highest BCUT2D eigenvalue weighted by Crippen LogP contribution is 2.30. The summed E-state index contributed by atoms with van der Waals surface area (Å²) in [5.74, 6) is 2.60. The molecule has 1 aromatic carbocycles. The summed E-state index contributed by atoms with van der Waals surface area (Å²) in [7, 11) is 0. The normalized spacial score (nSPS) is 17.6. The maximum Gasteiger partial charge on any atom is 0.210 e. The molecular formula is C16H22N4S. The van der Waals surface area contributed by atoms with Crippen LogP contribution in [0.4, 0.5) is 0 Å². The number of aromatic nitrogens is 3. The van der Waals surface area contributed by atoms with Crippen LogP contribution >= 0.6 is 11.8 Å². The van der Waals surface area contributed by atoms with E-state index in [0.29, 0.717) is 12.0 Å². The molecule has 0 fully saturated rings. The molecule has 1 aromatic heterocycles. The Bertz CT molecular complexity index is 603. The Morgan fingerprint density at radius 1 is 1.29 bits per heavy atom. The van der Waals surface area contributed by atoms with Crippen molar-refractivity contribution >= 4 is 11.8 Å². The molecule has 1 atom stereocenters. The lowest BCUT2D eigenvalue weighted by Crippen LogP contribution is -2.29. The number of hydrogen-bond donors (Lipinski definition) is 1. The molecule has 0 bridgehead atoms. The van der Waals surface area contributed by atoms with Gasteiger partial charge >= 0.3 is 0 Å². The topological polar surface area (TPSA) is 42.7 Å². The number of hydrogen-bond acceptors (Lipinski definition) is 4. The fourth-order valence-electron chi connectivity index (χ4n) is 2.53. The summed E-state index contributed by atoms with van der Waals surface area (Å²) in [6.07, 6.45) is 2.03. The van der Waals surface area contributed by atoms with Crippen LogP contribution in [0.2, 0.25) is 0 Å². The van der Waals surface area contributed by atoms with E-state index in [1.807, 2.05) is 0 Å². The van der Waals surface area contributed by atoms with Gasteiger partial charge in [0.1, 0.15) is 0 Å². The first kappa shape index (κ1) is 14.4. The predicted molar refractivity (Wildman–Crippen MR) is 87.2 cm³/mol. The molecule has 1 unspecified atom stereocenters. The number of thioether (sulfide) groups is 1. The molecule has 1 aliphatic rings. The summed E-state index contributed by atoms with van der Waals surface area (Å²) >= 11 is 1.78.